The molecule has 3 heterocycles. The van der Waals surface area contributed by atoms with Crippen LogP contribution in [-0.4, -0.2) is 32.9 Å². The van der Waals surface area contributed by atoms with Gasteiger partial charge in [0.25, 0.3) is 5.91 Å². The van der Waals surface area contributed by atoms with Crippen molar-refractivity contribution >= 4 is 23.2 Å². The average molecular weight is 409 g/mol. The number of hydrogen-bond donors (Lipinski definition) is 5. The molecule has 2 atom stereocenters. The number of nitrogens with zero attached hydrogens (tertiary/aromatic N) is 2. The van der Waals surface area contributed by atoms with Gasteiger partial charge < -0.3 is 27.1 Å². The van der Waals surface area contributed by atoms with E-state index in [0.29, 0.717) is 5.69 Å². The number of aromatic amines is 1. The summed E-state index contributed by atoms with van der Waals surface area (Å²) in [5.74, 6) is -1.20. The predicted molar refractivity (Wildman–Crippen MR) is 114 cm³/mol. The number of aromatic nitrogens is 3. The van der Waals surface area contributed by atoms with Gasteiger partial charge in [0, 0.05) is 41.9 Å². The number of primary amides is 1. The Morgan fingerprint density at radius 2 is 2.03 bits per heavy atom. The van der Waals surface area contributed by atoms with Crippen LogP contribution in [0.5, 0.6) is 0 Å². The van der Waals surface area contributed by atoms with Crippen molar-refractivity contribution in [3.63, 3.8) is 0 Å². The number of H-pyrrole nitrogens is 1. The molecule has 7 N–H and O–H groups in total. The summed E-state index contributed by atoms with van der Waals surface area (Å²) in [6.45, 7) is 0. The third-order valence-corrected chi connectivity index (χ3v) is 5.30. The van der Waals surface area contributed by atoms with Crippen LogP contribution in [0.2, 0.25) is 0 Å². The number of anilines is 3. The third-order valence-electron chi connectivity index (χ3n) is 5.30. The quantitative estimate of drug-likeness (QED) is 0.424. The van der Waals surface area contributed by atoms with Crippen LogP contribution in [0.25, 0.3) is 11.3 Å². The van der Waals surface area contributed by atoms with E-state index in [1.54, 1.807) is 18.5 Å². The first-order valence-electron chi connectivity index (χ1n) is 9.90. The van der Waals surface area contributed by atoms with E-state index in [2.05, 4.69) is 25.6 Å². The summed E-state index contributed by atoms with van der Waals surface area (Å²) in [5.41, 5.74) is 13.9. The molecule has 0 radical (unpaired) electrons. The molecule has 1 amide bonds. The lowest BCUT2D eigenvalue weighted by atomic mass is 9.91. The van der Waals surface area contributed by atoms with Crippen LogP contribution in [0, 0.1) is 5.82 Å². The normalized spacial score (nSPS) is 18.7. The summed E-state index contributed by atoms with van der Waals surface area (Å²) in [5, 5.41) is 6.18. The van der Waals surface area contributed by atoms with Crippen LogP contribution in [-0.2, 0) is 0 Å². The van der Waals surface area contributed by atoms with E-state index >= 15 is 0 Å². The highest BCUT2D eigenvalue weighted by molar-refractivity contribution is 5.98. The molecule has 1 saturated carbocycles. The maximum Gasteiger partial charge on any atom is 0.252 e. The number of halogens is 1. The number of carbonyl (C=O) groups is 1. The van der Waals surface area contributed by atoms with E-state index in [-0.39, 0.29) is 29.3 Å². The Morgan fingerprint density at radius 1 is 1.20 bits per heavy atom. The van der Waals surface area contributed by atoms with Crippen molar-refractivity contribution in [1.29, 1.82) is 0 Å². The molecule has 0 bridgehead atoms. The number of pyridine rings is 2. The maximum atomic E-state index is 14.6. The van der Waals surface area contributed by atoms with Crippen molar-refractivity contribution in [1.82, 2.24) is 15.0 Å². The van der Waals surface area contributed by atoms with Gasteiger partial charge in [0.15, 0.2) is 11.6 Å². The highest BCUT2D eigenvalue weighted by Gasteiger charge is 2.24. The summed E-state index contributed by atoms with van der Waals surface area (Å²) in [4.78, 5) is 23.5. The van der Waals surface area contributed by atoms with Crippen LogP contribution >= 0.6 is 0 Å². The SMILES string of the molecule is NC(=O)c1cc(F)c(NC2CCCCC2N)nc1Nc1ccnc(-c2cc[nH]c2)c1. The van der Waals surface area contributed by atoms with E-state index in [0.717, 1.165) is 43.0 Å². The standard InChI is InChI=1S/C21H24FN7O/c22-15-10-14(19(24)30)20(29-21(15)28-17-4-2-1-3-16(17)23)27-13-6-8-26-18(9-13)12-5-7-25-11-12/h5-11,16-17,25H,1-4,23H2,(H2,24,30)(H2,26,27,28,29). The van der Waals surface area contributed by atoms with Crippen molar-refractivity contribution in [2.75, 3.05) is 10.6 Å². The third kappa shape index (κ3) is 4.25. The van der Waals surface area contributed by atoms with E-state index < -0.39 is 11.7 Å². The highest BCUT2D eigenvalue weighted by Crippen LogP contribution is 2.28. The molecule has 3 aromatic rings. The molecule has 0 saturated heterocycles. The highest BCUT2D eigenvalue weighted by atomic mass is 19.1. The number of nitrogens with two attached hydrogens (primary N) is 2. The number of rotatable bonds is 6. The van der Waals surface area contributed by atoms with Crippen molar-refractivity contribution in [3.8, 4) is 11.3 Å². The molecular formula is C21H24FN7O. The van der Waals surface area contributed by atoms with Crippen molar-refractivity contribution in [3.05, 3.63) is 54.2 Å². The second kappa shape index (κ2) is 8.50. The van der Waals surface area contributed by atoms with Gasteiger partial charge in [-0.3, -0.25) is 9.78 Å². The zero-order valence-electron chi connectivity index (χ0n) is 16.4. The second-order valence-electron chi connectivity index (χ2n) is 7.43. The lowest BCUT2D eigenvalue weighted by molar-refractivity contribution is 0.100. The molecule has 156 valence electrons. The fourth-order valence-electron chi connectivity index (χ4n) is 3.67. The number of nitrogens with one attached hydrogen (secondary N) is 3. The first-order valence-corrected chi connectivity index (χ1v) is 9.90. The zero-order chi connectivity index (χ0) is 21.1. The minimum absolute atomic E-state index is 0.0361. The first kappa shape index (κ1) is 19.8. The molecule has 3 aromatic heterocycles. The molecule has 1 aliphatic rings. The van der Waals surface area contributed by atoms with Crippen LogP contribution in [0.4, 0.5) is 21.7 Å². The van der Waals surface area contributed by atoms with Gasteiger partial charge in [-0.2, -0.15) is 0 Å². The molecule has 9 heteroatoms. The summed E-state index contributed by atoms with van der Waals surface area (Å²) in [6.07, 6.45) is 9.07. The van der Waals surface area contributed by atoms with Crippen LogP contribution < -0.4 is 22.1 Å². The molecule has 4 rings (SSSR count). The fraction of sp³-hybridized carbons (Fsp3) is 0.286. The Bertz CT molecular complexity index is 1040. The summed E-state index contributed by atoms with van der Waals surface area (Å²) in [6, 6.07) is 6.39. The van der Waals surface area contributed by atoms with E-state index in [1.807, 2.05) is 18.3 Å². The Morgan fingerprint density at radius 3 is 2.77 bits per heavy atom. The van der Waals surface area contributed by atoms with E-state index in [4.69, 9.17) is 11.5 Å². The molecule has 0 aromatic carbocycles. The van der Waals surface area contributed by atoms with Gasteiger partial charge in [-0.1, -0.05) is 12.8 Å². The van der Waals surface area contributed by atoms with Crippen LogP contribution in [0.1, 0.15) is 36.0 Å². The van der Waals surface area contributed by atoms with E-state index in [1.165, 1.54) is 0 Å². The van der Waals surface area contributed by atoms with Crippen molar-refractivity contribution < 1.29 is 9.18 Å². The summed E-state index contributed by atoms with van der Waals surface area (Å²) < 4.78 is 14.6. The molecule has 2 unspecified atom stereocenters. The minimum Gasteiger partial charge on any atom is -0.367 e. The van der Waals surface area contributed by atoms with Gasteiger partial charge in [-0.05, 0) is 37.1 Å². The molecule has 30 heavy (non-hydrogen) atoms. The number of carbonyl (C=O) groups excluding carboxylic acids is 1. The minimum atomic E-state index is -0.773. The average Bonchev–Trinajstić information content (AvgIpc) is 3.27. The Balaban J connectivity index is 1.64. The van der Waals surface area contributed by atoms with Crippen molar-refractivity contribution in [2.45, 2.75) is 37.8 Å². The van der Waals surface area contributed by atoms with Crippen LogP contribution in [0.15, 0.2) is 42.9 Å². The summed E-state index contributed by atoms with van der Waals surface area (Å²) >= 11 is 0. The number of amides is 1. The Kier molecular flexibility index (Phi) is 5.62. The lowest BCUT2D eigenvalue weighted by Gasteiger charge is -2.30. The van der Waals surface area contributed by atoms with Gasteiger partial charge in [-0.25, -0.2) is 9.37 Å². The molecule has 1 aliphatic carbocycles. The number of hydrogen-bond acceptors (Lipinski definition) is 6. The first-order chi connectivity index (χ1) is 14.5. The lowest BCUT2D eigenvalue weighted by Crippen LogP contribution is -2.43. The zero-order valence-corrected chi connectivity index (χ0v) is 16.4. The monoisotopic (exact) mass is 409 g/mol. The molecular weight excluding hydrogens is 385 g/mol. The molecule has 1 fully saturated rings. The van der Waals surface area contributed by atoms with Gasteiger partial charge >= 0.3 is 0 Å². The van der Waals surface area contributed by atoms with Gasteiger partial charge in [0.1, 0.15) is 5.82 Å². The summed E-state index contributed by atoms with van der Waals surface area (Å²) in [7, 11) is 0. The van der Waals surface area contributed by atoms with Crippen LogP contribution in [0.3, 0.4) is 0 Å². The fourth-order valence-corrected chi connectivity index (χ4v) is 3.67. The van der Waals surface area contributed by atoms with Gasteiger partial charge in [0.2, 0.25) is 0 Å². The van der Waals surface area contributed by atoms with Gasteiger partial charge in [0.05, 0.1) is 11.3 Å². The topological polar surface area (TPSA) is 135 Å². The Labute approximate surface area is 173 Å². The predicted octanol–water partition coefficient (Wildman–Crippen LogP) is 3.14. The second-order valence-corrected chi connectivity index (χ2v) is 7.43. The molecule has 0 spiro atoms. The van der Waals surface area contributed by atoms with E-state index in [9.17, 15) is 9.18 Å². The molecule has 0 aliphatic heterocycles. The smallest absolute Gasteiger partial charge is 0.252 e. The largest absolute Gasteiger partial charge is 0.367 e. The molecule has 8 nitrogen and oxygen atoms in total. The maximum absolute atomic E-state index is 14.6. The van der Waals surface area contributed by atoms with Crippen molar-refractivity contribution in [2.24, 2.45) is 11.5 Å². The Hall–Kier alpha value is -3.46. The van der Waals surface area contributed by atoms with Gasteiger partial charge in [-0.15, -0.1) is 0 Å².